The maximum Gasteiger partial charge on any atom is 0.0320 e. The van der Waals surface area contributed by atoms with Gasteiger partial charge in [-0.05, 0) is 90.0 Å². The lowest BCUT2D eigenvalue weighted by Gasteiger charge is -2.22. The number of benzene rings is 7. The summed E-state index contributed by atoms with van der Waals surface area (Å²) in [5.74, 6) is 0. The average molecular weight is 472 g/mol. The van der Waals surface area contributed by atoms with Gasteiger partial charge in [-0.1, -0.05) is 115 Å². The first-order valence-electron chi connectivity index (χ1n) is 12.7. The van der Waals surface area contributed by atoms with E-state index in [1.54, 1.807) is 0 Å². The van der Waals surface area contributed by atoms with Crippen LogP contribution in [0.15, 0.2) is 140 Å². The quantitative estimate of drug-likeness (QED) is 0.201. The van der Waals surface area contributed by atoms with Crippen LogP contribution < -0.4 is 5.73 Å². The Bertz CT molecular complexity index is 1860. The van der Waals surface area contributed by atoms with E-state index in [-0.39, 0.29) is 0 Å². The number of nitrogen functional groups attached to an aromatic ring is 1. The number of nitrogens with two attached hydrogens (primary N) is 1. The highest BCUT2D eigenvalue weighted by Gasteiger charge is 2.21. The minimum Gasteiger partial charge on any atom is -0.399 e. The second-order valence-electron chi connectivity index (χ2n) is 9.58. The van der Waals surface area contributed by atoms with E-state index < -0.39 is 0 Å². The molecule has 0 amide bonds. The maximum atomic E-state index is 6.30. The van der Waals surface area contributed by atoms with Crippen LogP contribution in [-0.4, -0.2) is 0 Å². The van der Waals surface area contributed by atoms with Gasteiger partial charge in [-0.3, -0.25) is 0 Å². The predicted octanol–water partition coefficient (Wildman–Crippen LogP) is 9.73. The Morgan fingerprint density at radius 1 is 0.351 bits per heavy atom. The predicted molar refractivity (Wildman–Crippen MR) is 160 cm³/mol. The number of hydrogen-bond donors (Lipinski definition) is 1. The van der Waals surface area contributed by atoms with E-state index in [9.17, 15) is 0 Å². The lowest BCUT2D eigenvalue weighted by molar-refractivity contribution is 1.60. The summed E-state index contributed by atoms with van der Waals surface area (Å²) in [6.45, 7) is 0. The molecule has 0 radical (unpaired) electrons. The Hall–Kier alpha value is -4.88. The minimum absolute atomic E-state index is 0.772. The minimum atomic E-state index is 0.772. The third-order valence-corrected chi connectivity index (χ3v) is 7.33. The van der Waals surface area contributed by atoms with Crippen LogP contribution in [-0.2, 0) is 0 Å². The smallest absolute Gasteiger partial charge is 0.0320 e. The third-order valence-electron chi connectivity index (χ3n) is 7.33. The van der Waals surface area contributed by atoms with Crippen molar-refractivity contribution in [2.24, 2.45) is 0 Å². The third kappa shape index (κ3) is 3.56. The summed E-state index contributed by atoms with van der Waals surface area (Å²) in [6, 6.07) is 49.9. The molecule has 174 valence electrons. The summed E-state index contributed by atoms with van der Waals surface area (Å²) in [5.41, 5.74) is 14.4. The number of fused-ring (bicyclic) bond motifs is 3. The lowest BCUT2D eigenvalue weighted by Crippen LogP contribution is -1.96. The Morgan fingerprint density at radius 3 is 1.54 bits per heavy atom. The Labute approximate surface area is 216 Å². The van der Waals surface area contributed by atoms with Crippen LogP contribution in [0.5, 0.6) is 0 Å². The molecule has 7 aromatic carbocycles. The molecule has 0 aliphatic heterocycles. The zero-order chi connectivity index (χ0) is 24.8. The first-order valence-corrected chi connectivity index (χ1v) is 12.7. The molecule has 2 N–H and O–H groups in total. The highest BCUT2D eigenvalue weighted by Crippen LogP contribution is 2.49. The van der Waals surface area contributed by atoms with Gasteiger partial charge in [-0.2, -0.15) is 0 Å². The highest BCUT2D eigenvalue weighted by molar-refractivity contribution is 6.20. The summed E-state index contributed by atoms with van der Waals surface area (Å²) >= 11 is 0. The molecule has 0 saturated carbocycles. The van der Waals surface area contributed by atoms with Crippen molar-refractivity contribution in [2.45, 2.75) is 0 Å². The van der Waals surface area contributed by atoms with Crippen LogP contribution in [0.25, 0.3) is 65.7 Å². The SMILES string of the molecule is Nc1ccc2c(-c3ccccc3)c(-c3c4ccccc4cc4ccccc34)c(-c3ccccc3)cc2c1. The van der Waals surface area contributed by atoms with E-state index in [1.807, 2.05) is 6.07 Å². The van der Waals surface area contributed by atoms with Gasteiger partial charge >= 0.3 is 0 Å². The largest absolute Gasteiger partial charge is 0.399 e. The van der Waals surface area contributed by atoms with Crippen LogP contribution >= 0.6 is 0 Å². The number of hydrogen-bond acceptors (Lipinski definition) is 1. The molecule has 0 aromatic heterocycles. The molecule has 0 bridgehead atoms. The molecular formula is C36H25N. The van der Waals surface area contributed by atoms with E-state index >= 15 is 0 Å². The normalized spacial score (nSPS) is 11.4. The zero-order valence-corrected chi connectivity index (χ0v) is 20.4. The van der Waals surface area contributed by atoms with Crippen LogP contribution in [0.1, 0.15) is 0 Å². The van der Waals surface area contributed by atoms with E-state index in [0.29, 0.717) is 0 Å². The van der Waals surface area contributed by atoms with E-state index in [2.05, 4.69) is 133 Å². The van der Waals surface area contributed by atoms with Gasteiger partial charge in [0.05, 0.1) is 0 Å². The van der Waals surface area contributed by atoms with Crippen LogP contribution in [0.4, 0.5) is 5.69 Å². The van der Waals surface area contributed by atoms with Crippen LogP contribution in [0.2, 0.25) is 0 Å². The van der Waals surface area contributed by atoms with Gasteiger partial charge in [0, 0.05) is 5.69 Å². The molecule has 1 heteroatoms. The van der Waals surface area contributed by atoms with Crippen LogP contribution in [0, 0.1) is 0 Å². The Kier molecular flexibility index (Phi) is 5.01. The average Bonchev–Trinajstić information content (AvgIpc) is 2.96. The standard InChI is InChI=1S/C36H25N/c37-29-19-20-32-28(22-29)23-33(24-11-3-1-4-12-24)36(34(32)25-13-5-2-6-14-25)35-30-17-9-7-15-26(30)21-27-16-8-10-18-31(27)35/h1-23H,37H2. The Balaban J connectivity index is 1.77. The monoisotopic (exact) mass is 471 g/mol. The molecule has 0 aliphatic carbocycles. The topological polar surface area (TPSA) is 26.0 Å². The number of rotatable bonds is 3. The van der Waals surface area contributed by atoms with Gasteiger partial charge in [-0.15, -0.1) is 0 Å². The second kappa shape index (κ2) is 8.65. The molecule has 0 spiro atoms. The molecule has 0 aliphatic rings. The molecule has 0 saturated heterocycles. The van der Waals surface area contributed by atoms with Gasteiger partial charge in [0.2, 0.25) is 0 Å². The Morgan fingerprint density at radius 2 is 0.892 bits per heavy atom. The fraction of sp³-hybridized carbons (Fsp3) is 0. The summed E-state index contributed by atoms with van der Waals surface area (Å²) < 4.78 is 0. The second-order valence-corrected chi connectivity index (χ2v) is 9.58. The fourth-order valence-corrected chi connectivity index (χ4v) is 5.72. The first kappa shape index (κ1) is 21.4. The van der Waals surface area contributed by atoms with Crippen molar-refractivity contribution in [1.29, 1.82) is 0 Å². The number of anilines is 1. The van der Waals surface area contributed by atoms with Gasteiger partial charge < -0.3 is 5.73 Å². The van der Waals surface area contributed by atoms with Crippen molar-refractivity contribution >= 4 is 38.0 Å². The molecule has 7 aromatic rings. The molecule has 1 nitrogen and oxygen atoms in total. The van der Waals surface area contributed by atoms with E-state index in [1.165, 1.54) is 60.3 Å². The van der Waals surface area contributed by atoms with E-state index in [4.69, 9.17) is 5.73 Å². The summed E-state index contributed by atoms with van der Waals surface area (Å²) in [7, 11) is 0. The molecule has 0 unspecified atom stereocenters. The van der Waals surface area contributed by atoms with Gasteiger partial charge in [0.1, 0.15) is 0 Å². The first-order chi connectivity index (χ1) is 18.3. The highest BCUT2D eigenvalue weighted by atomic mass is 14.5. The zero-order valence-electron chi connectivity index (χ0n) is 20.4. The molecule has 0 atom stereocenters. The molecular weight excluding hydrogens is 446 g/mol. The summed E-state index contributed by atoms with van der Waals surface area (Å²) in [5, 5.41) is 7.34. The van der Waals surface area contributed by atoms with Crippen LogP contribution in [0.3, 0.4) is 0 Å². The molecule has 0 heterocycles. The van der Waals surface area contributed by atoms with Crippen molar-refractivity contribution in [3.8, 4) is 33.4 Å². The van der Waals surface area contributed by atoms with Crippen molar-refractivity contribution in [3.63, 3.8) is 0 Å². The van der Waals surface area contributed by atoms with Gasteiger partial charge in [-0.25, -0.2) is 0 Å². The van der Waals surface area contributed by atoms with E-state index in [0.717, 1.165) is 11.1 Å². The molecule has 37 heavy (non-hydrogen) atoms. The van der Waals surface area contributed by atoms with Crippen molar-refractivity contribution in [3.05, 3.63) is 140 Å². The lowest BCUT2D eigenvalue weighted by atomic mass is 9.81. The van der Waals surface area contributed by atoms with Gasteiger partial charge in [0.15, 0.2) is 0 Å². The van der Waals surface area contributed by atoms with Gasteiger partial charge in [0.25, 0.3) is 0 Å². The van der Waals surface area contributed by atoms with Crippen molar-refractivity contribution < 1.29 is 0 Å². The summed E-state index contributed by atoms with van der Waals surface area (Å²) in [6.07, 6.45) is 0. The fourth-order valence-electron chi connectivity index (χ4n) is 5.72. The van der Waals surface area contributed by atoms with Crippen molar-refractivity contribution in [2.75, 3.05) is 5.73 Å². The molecule has 0 fully saturated rings. The molecule has 7 rings (SSSR count). The summed E-state index contributed by atoms with van der Waals surface area (Å²) in [4.78, 5) is 0. The maximum absolute atomic E-state index is 6.30. The van der Waals surface area contributed by atoms with Crippen molar-refractivity contribution in [1.82, 2.24) is 0 Å².